The Labute approximate surface area is 186 Å². The van der Waals surface area contributed by atoms with Gasteiger partial charge in [0.2, 0.25) is 0 Å². The van der Waals surface area contributed by atoms with Crippen LogP contribution in [-0.4, -0.2) is 25.2 Å². The van der Waals surface area contributed by atoms with Crippen molar-refractivity contribution in [3.05, 3.63) is 92.9 Å². The van der Waals surface area contributed by atoms with Gasteiger partial charge in [0.15, 0.2) is 0 Å². The predicted octanol–water partition coefficient (Wildman–Crippen LogP) is 5.09. The lowest BCUT2D eigenvalue weighted by Crippen LogP contribution is -2.18. The first-order valence-corrected chi connectivity index (χ1v) is 9.89. The fourth-order valence-electron chi connectivity index (χ4n) is 2.50. The maximum absolute atomic E-state index is 12.4. The zero-order chi connectivity index (χ0) is 21.5. The molecular weight excluding hydrogens is 472 g/mol. The molecule has 1 amide bonds. The highest BCUT2D eigenvalue weighted by atomic mass is 79.9. The fraction of sp³-hybridized carbons (Fsp3) is 0.0455. The standard InChI is InChI=1S/C22H16BrClN2O4/c1-29-20-11-8-16(23)12-18(20)21(27)26-25-13-15-4-2-3-5-19(15)30-22(28)14-6-9-17(24)10-7-14/h2-13H,1H3,(H,26,27)/b25-13-. The number of hydrazone groups is 1. The van der Waals surface area contributed by atoms with Gasteiger partial charge in [0.05, 0.1) is 24.5 Å². The summed E-state index contributed by atoms with van der Waals surface area (Å²) in [7, 11) is 1.48. The van der Waals surface area contributed by atoms with Gasteiger partial charge in [-0.05, 0) is 54.6 Å². The molecule has 0 aliphatic carbocycles. The molecule has 0 heterocycles. The zero-order valence-corrected chi connectivity index (χ0v) is 18.1. The van der Waals surface area contributed by atoms with Gasteiger partial charge in [-0.15, -0.1) is 0 Å². The van der Waals surface area contributed by atoms with Crippen LogP contribution in [0.5, 0.6) is 11.5 Å². The molecule has 0 aromatic heterocycles. The van der Waals surface area contributed by atoms with Crippen LogP contribution < -0.4 is 14.9 Å². The number of rotatable bonds is 6. The first kappa shape index (κ1) is 21.5. The molecule has 0 spiro atoms. The van der Waals surface area contributed by atoms with Crippen LogP contribution in [0.3, 0.4) is 0 Å². The van der Waals surface area contributed by atoms with Crippen LogP contribution in [0, 0.1) is 0 Å². The zero-order valence-electron chi connectivity index (χ0n) is 15.8. The molecule has 0 saturated carbocycles. The maximum Gasteiger partial charge on any atom is 0.343 e. The summed E-state index contributed by atoms with van der Waals surface area (Å²) in [4.78, 5) is 24.8. The highest BCUT2D eigenvalue weighted by molar-refractivity contribution is 9.10. The van der Waals surface area contributed by atoms with Gasteiger partial charge in [0.25, 0.3) is 5.91 Å². The highest BCUT2D eigenvalue weighted by Gasteiger charge is 2.13. The van der Waals surface area contributed by atoms with E-state index in [4.69, 9.17) is 21.1 Å². The molecule has 3 rings (SSSR count). The molecule has 0 fully saturated rings. The number of benzene rings is 3. The third-order valence-electron chi connectivity index (χ3n) is 3.98. The van der Waals surface area contributed by atoms with Gasteiger partial charge in [0, 0.05) is 15.1 Å². The van der Waals surface area contributed by atoms with E-state index in [0.29, 0.717) is 33.2 Å². The molecule has 0 atom stereocenters. The van der Waals surface area contributed by atoms with Crippen molar-refractivity contribution >= 4 is 45.6 Å². The summed E-state index contributed by atoms with van der Waals surface area (Å²) in [6.45, 7) is 0. The molecule has 0 bridgehead atoms. The van der Waals surface area contributed by atoms with Crippen molar-refractivity contribution in [3.8, 4) is 11.5 Å². The highest BCUT2D eigenvalue weighted by Crippen LogP contribution is 2.23. The van der Waals surface area contributed by atoms with Gasteiger partial charge in [-0.2, -0.15) is 5.10 Å². The number of esters is 1. The second kappa shape index (κ2) is 10.0. The number of nitrogens with zero attached hydrogens (tertiary/aromatic N) is 1. The number of nitrogens with one attached hydrogen (secondary N) is 1. The summed E-state index contributed by atoms with van der Waals surface area (Å²) in [6.07, 6.45) is 1.40. The van der Waals surface area contributed by atoms with Gasteiger partial charge in [-0.3, -0.25) is 4.79 Å². The Bertz CT molecular complexity index is 1100. The van der Waals surface area contributed by atoms with Crippen LogP contribution in [0.2, 0.25) is 5.02 Å². The van der Waals surface area contributed by atoms with Crippen LogP contribution in [0.1, 0.15) is 26.3 Å². The minimum atomic E-state index is -0.532. The summed E-state index contributed by atoms with van der Waals surface area (Å²) in [5, 5.41) is 4.50. The minimum Gasteiger partial charge on any atom is -0.496 e. The first-order chi connectivity index (χ1) is 14.5. The molecule has 0 saturated heterocycles. The van der Waals surface area contributed by atoms with Crippen LogP contribution in [0.4, 0.5) is 0 Å². The molecule has 152 valence electrons. The molecule has 0 aliphatic heterocycles. The number of carbonyl (C=O) groups is 2. The Morgan fingerprint density at radius 1 is 1.03 bits per heavy atom. The molecule has 30 heavy (non-hydrogen) atoms. The normalized spacial score (nSPS) is 10.6. The average Bonchev–Trinajstić information content (AvgIpc) is 2.75. The summed E-state index contributed by atoms with van der Waals surface area (Å²) in [5.74, 6) is -0.255. The number of methoxy groups -OCH3 is 1. The van der Waals surface area contributed by atoms with E-state index < -0.39 is 11.9 Å². The maximum atomic E-state index is 12.4. The van der Waals surface area contributed by atoms with Gasteiger partial charge < -0.3 is 9.47 Å². The molecule has 8 heteroatoms. The number of carbonyl (C=O) groups excluding carboxylic acids is 2. The quantitative estimate of drug-likeness (QED) is 0.227. The monoisotopic (exact) mass is 486 g/mol. The number of amides is 1. The lowest BCUT2D eigenvalue weighted by atomic mass is 10.2. The predicted molar refractivity (Wildman–Crippen MR) is 119 cm³/mol. The summed E-state index contributed by atoms with van der Waals surface area (Å²) in [5.41, 5.74) is 3.65. The molecular formula is C22H16BrClN2O4. The molecule has 0 radical (unpaired) electrons. The number of hydrogen-bond donors (Lipinski definition) is 1. The van der Waals surface area contributed by atoms with Crippen molar-refractivity contribution in [3.63, 3.8) is 0 Å². The fourth-order valence-corrected chi connectivity index (χ4v) is 2.99. The lowest BCUT2D eigenvalue weighted by Gasteiger charge is -2.08. The molecule has 3 aromatic carbocycles. The van der Waals surface area contributed by atoms with Crippen molar-refractivity contribution < 1.29 is 19.1 Å². The van der Waals surface area contributed by atoms with Crippen LogP contribution in [-0.2, 0) is 0 Å². The SMILES string of the molecule is COc1ccc(Br)cc1C(=O)N/N=C\c1ccccc1OC(=O)c1ccc(Cl)cc1. The van der Waals surface area contributed by atoms with Gasteiger partial charge in [0.1, 0.15) is 11.5 Å². The van der Waals surface area contributed by atoms with E-state index in [-0.39, 0.29) is 0 Å². The Morgan fingerprint density at radius 2 is 1.77 bits per heavy atom. The lowest BCUT2D eigenvalue weighted by molar-refractivity contribution is 0.0734. The second-order valence-electron chi connectivity index (χ2n) is 5.98. The average molecular weight is 488 g/mol. The molecule has 6 nitrogen and oxygen atoms in total. The molecule has 3 aromatic rings. The van der Waals surface area contributed by atoms with Crippen LogP contribution in [0.25, 0.3) is 0 Å². The third-order valence-corrected chi connectivity index (χ3v) is 4.72. The second-order valence-corrected chi connectivity index (χ2v) is 7.33. The van der Waals surface area contributed by atoms with Crippen LogP contribution >= 0.6 is 27.5 Å². The minimum absolute atomic E-state index is 0.301. The van der Waals surface area contributed by atoms with E-state index in [9.17, 15) is 9.59 Å². The van der Waals surface area contributed by atoms with Crippen molar-refractivity contribution in [2.45, 2.75) is 0 Å². The smallest absolute Gasteiger partial charge is 0.343 e. The van der Waals surface area contributed by atoms with E-state index in [1.807, 2.05) is 0 Å². The Morgan fingerprint density at radius 3 is 2.50 bits per heavy atom. The van der Waals surface area contributed by atoms with Crippen molar-refractivity contribution in [1.29, 1.82) is 0 Å². The van der Waals surface area contributed by atoms with E-state index in [2.05, 4.69) is 26.5 Å². The number of halogens is 2. The van der Waals surface area contributed by atoms with Gasteiger partial charge in [-0.1, -0.05) is 39.7 Å². The topological polar surface area (TPSA) is 77.0 Å². The molecule has 0 aliphatic rings. The summed E-state index contributed by atoms with van der Waals surface area (Å²) in [6, 6.07) is 18.3. The number of para-hydroxylation sites is 1. The largest absolute Gasteiger partial charge is 0.496 e. The van der Waals surface area contributed by atoms with E-state index >= 15 is 0 Å². The van der Waals surface area contributed by atoms with E-state index in [0.717, 1.165) is 4.47 Å². The van der Waals surface area contributed by atoms with E-state index in [1.165, 1.54) is 13.3 Å². The molecule has 0 unspecified atom stereocenters. The van der Waals surface area contributed by atoms with Gasteiger partial charge >= 0.3 is 5.97 Å². The Kier molecular flexibility index (Phi) is 7.21. The Hall–Kier alpha value is -3.16. The summed E-state index contributed by atoms with van der Waals surface area (Å²) >= 11 is 9.17. The van der Waals surface area contributed by atoms with Crippen molar-refractivity contribution in [1.82, 2.24) is 5.43 Å². The van der Waals surface area contributed by atoms with Gasteiger partial charge in [-0.25, -0.2) is 10.2 Å². The number of ether oxygens (including phenoxy) is 2. The Balaban J connectivity index is 1.72. The third kappa shape index (κ3) is 5.46. The van der Waals surface area contributed by atoms with E-state index in [1.54, 1.807) is 66.7 Å². The van der Waals surface area contributed by atoms with Crippen molar-refractivity contribution in [2.24, 2.45) is 5.10 Å². The first-order valence-electron chi connectivity index (χ1n) is 8.71. The van der Waals surface area contributed by atoms with Crippen molar-refractivity contribution in [2.75, 3.05) is 7.11 Å². The summed E-state index contributed by atoms with van der Waals surface area (Å²) < 4.78 is 11.4. The number of hydrogen-bond acceptors (Lipinski definition) is 5. The van der Waals surface area contributed by atoms with Crippen LogP contribution in [0.15, 0.2) is 76.3 Å². The molecule has 1 N–H and O–H groups in total.